The van der Waals surface area contributed by atoms with E-state index in [1.54, 1.807) is 24.3 Å². The standard InChI is InChI=1S/C22H17NO4S/c1-28(25,26)21-9-5-3-7-18(21)22(24)23-17-12-10-15(11-13-17)20-14-16-6-2-4-8-19(16)27-20/h2-14H,1H3,(H,23,24). The van der Waals surface area contributed by atoms with E-state index in [1.165, 1.54) is 12.1 Å². The number of hydrogen-bond donors (Lipinski definition) is 1. The Morgan fingerprint density at radius 3 is 2.29 bits per heavy atom. The average molecular weight is 391 g/mol. The van der Waals surface area contributed by atoms with Crippen LogP contribution in [0.2, 0.25) is 0 Å². The summed E-state index contributed by atoms with van der Waals surface area (Å²) in [6.45, 7) is 0. The number of rotatable bonds is 4. The number of sulfone groups is 1. The van der Waals surface area contributed by atoms with E-state index < -0.39 is 15.7 Å². The highest BCUT2D eigenvalue weighted by molar-refractivity contribution is 7.90. The SMILES string of the molecule is CS(=O)(=O)c1ccccc1C(=O)Nc1ccc(-c2cc3ccccc3o2)cc1. The van der Waals surface area contributed by atoms with Gasteiger partial charge in [0.2, 0.25) is 0 Å². The lowest BCUT2D eigenvalue weighted by Crippen LogP contribution is -2.15. The minimum Gasteiger partial charge on any atom is -0.456 e. The van der Waals surface area contributed by atoms with Crippen LogP contribution >= 0.6 is 0 Å². The lowest BCUT2D eigenvalue weighted by atomic mass is 10.1. The number of benzene rings is 3. The maximum atomic E-state index is 12.6. The molecule has 1 heterocycles. The van der Waals surface area contributed by atoms with Crippen molar-refractivity contribution in [2.75, 3.05) is 11.6 Å². The molecule has 0 saturated heterocycles. The van der Waals surface area contributed by atoms with Gasteiger partial charge in [0.25, 0.3) is 5.91 Å². The Morgan fingerprint density at radius 1 is 0.893 bits per heavy atom. The third-order valence-corrected chi connectivity index (χ3v) is 5.54. The van der Waals surface area contributed by atoms with Crippen molar-refractivity contribution in [3.8, 4) is 11.3 Å². The third kappa shape index (κ3) is 3.54. The molecule has 1 N–H and O–H groups in total. The number of furan rings is 1. The molecule has 0 fully saturated rings. The second-order valence-electron chi connectivity index (χ2n) is 6.45. The maximum Gasteiger partial charge on any atom is 0.256 e. The van der Waals surface area contributed by atoms with E-state index in [2.05, 4.69) is 5.32 Å². The first-order valence-electron chi connectivity index (χ1n) is 8.61. The van der Waals surface area contributed by atoms with Gasteiger partial charge in [-0.15, -0.1) is 0 Å². The largest absolute Gasteiger partial charge is 0.456 e. The molecular formula is C22H17NO4S. The molecule has 0 aliphatic heterocycles. The van der Waals surface area contributed by atoms with Gasteiger partial charge in [0.1, 0.15) is 11.3 Å². The normalized spacial score (nSPS) is 11.5. The van der Waals surface area contributed by atoms with E-state index in [1.807, 2.05) is 42.5 Å². The van der Waals surface area contributed by atoms with Crippen LogP contribution in [-0.2, 0) is 9.84 Å². The average Bonchev–Trinajstić information content (AvgIpc) is 3.12. The minimum absolute atomic E-state index is 0.00592. The smallest absolute Gasteiger partial charge is 0.256 e. The van der Waals surface area contributed by atoms with Crippen molar-refractivity contribution < 1.29 is 17.6 Å². The van der Waals surface area contributed by atoms with Gasteiger partial charge >= 0.3 is 0 Å². The molecule has 0 aliphatic rings. The molecule has 1 aromatic heterocycles. The monoisotopic (exact) mass is 391 g/mol. The molecule has 1 amide bonds. The molecule has 3 aromatic carbocycles. The maximum absolute atomic E-state index is 12.6. The number of amides is 1. The van der Waals surface area contributed by atoms with Gasteiger partial charge in [-0.3, -0.25) is 4.79 Å². The van der Waals surface area contributed by atoms with Crippen molar-refractivity contribution in [1.29, 1.82) is 0 Å². The highest BCUT2D eigenvalue weighted by Crippen LogP contribution is 2.28. The summed E-state index contributed by atoms with van der Waals surface area (Å²) in [6, 6.07) is 23.1. The Hall–Kier alpha value is -3.38. The number of carbonyl (C=O) groups excluding carboxylic acids is 1. The quantitative estimate of drug-likeness (QED) is 0.544. The molecule has 6 heteroatoms. The molecule has 140 valence electrons. The number of anilines is 1. The predicted molar refractivity (Wildman–Crippen MR) is 109 cm³/mol. The molecule has 0 aliphatic carbocycles. The van der Waals surface area contributed by atoms with Crippen molar-refractivity contribution in [3.05, 3.63) is 84.4 Å². The van der Waals surface area contributed by atoms with Gasteiger partial charge in [-0.25, -0.2) is 8.42 Å². The van der Waals surface area contributed by atoms with Crippen molar-refractivity contribution in [1.82, 2.24) is 0 Å². The topological polar surface area (TPSA) is 76.4 Å². The fraction of sp³-hybridized carbons (Fsp3) is 0.0455. The molecule has 5 nitrogen and oxygen atoms in total. The molecule has 0 unspecified atom stereocenters. The van der Waals surface area contributed by atoms with E-state index in [4.69, 9.17) is 4.42 Å². The fourth-order valence-electron chi connectivity index (χ4n) is 3.02. The Bertz CT molecular complexity index is 1240. The number of carbonyl (C=O) groups is 1. The first-order chi connectivity index (χ1) is 13.4. The summed E-state index contributed by atoms with van der Waals surface area (Å²) in [7, 11) is -3.50. The second-order valence-corrected chi connectivity index (χ2v) is 8.43. The van der Waals surface area contributed by atoms with Gasteiger partial charge in [-0.05, 0) is 48.5 Å². The fourth-order valence-corrected chi connectivity index (χ4v) is 3.90. The van der Waals surface area contributed by atoms with Crippen molar-refractivity contribution in [3.63, 3.8) is 0 Å². The van der Waals surface area contributed by atoms with Crippen LogP contribution in [0, 0.1) is 0 Å². The van der Waals surface area contributed by atoms with Crippen LogP contribution in [0.4, 0.5) is 5.69 Å². The number of nitrogens with one attached hydrogen (secondary N) is 1. The summed E-state index contributed by atoms with van der Waals surface area (Å²) in [5.74, 6) is 0.263. The van der Waals surface area contributed by atoms with Crippen molar-refractivity contribution >= 4 is 32.4 Å². The van der Waals surface area contributed by atoms with Crippen LogP contribution in [0.25, 0.3) is 22.3 Å². The van der Waals surface area contributed by atoms with Gasteiger partial charge in [-0.1, -0.05) is 30.3 Å². The molecule has 0 radical (unpaired) electrons. The predicted octanol–water partition coefficient (Wildman–Crippen LogP) is 4.76. The van der Waals surface area contributed by atoms with Gasteiger partial charge < -0.3 is 9.73 Å². The zero-order valence-electron chi connectivity index (χ0n) is 15.0. The minimum atomic E-state index is -3.50. The van der Waals surface area contributed by atoms with E-state index in [0.717, 1.165) is 28.5 Å². The van der Waals surface area contributed by atoms with Gasteiger partial charge in [-0.2, -0.15) is 0 Å². The molecule has 0 bridgehead atoms. The molecule has 0 saturated carbocycles. The Kier molecular flexibility index (Phi) is 4.49. The molecule has 28 heavy (non-hydrogen) atoms. The lowest BCUT2D eigenvalue weighted by molar-refractivity contribution is 0.102. The number of hydrogen-bond acceptors (Lipinski definition) is 4. The Morgan fingerprint density at radius 2 is 1.57 bits per heavy atom. The first kappa shape index (κ1) is 18.0. The van der Waals surface area contributed by atoms with E-state index in [9.17, 15) is 13.2 Å². The van der Waals surface area contributed by atoms with Crippen LogP contribution in [0.5, 0.6) is 0 Å². The zero-order valence-corrected chi connectivity index (χ0v) is 15.9. The highest BCUT2D eigenvalue weighted by Gasteiger charge is 2.18. The van der Waals surface area contributed by atoms with Crippen LogP contribution in [0.1, 0.15) is 10.4 Å². The second kappa shape index (κ2) is 6.98. The van der Waals surface area contributed by atoms with Gasteiger partial charge in [0, 0.05) is 22.9 Å². The van der Waals surface area contributed by atoms with Gasteiger partial charge in [0.05, 0.1) is 10.5 Å². The summed E-state index contributed by atoms with van der Waals surface area (Å²) >= 11 is 0. The summed E-state index contributed by atoms with van der Waals surface area (Å²) in [6.07, 6.45) is 1.08. The van der Waals surface area contributed by atoms with Crippen molar-refractivity contribution in [2.24, 2.45) is 0 Å². The van der Waals surface area contributed by atoms with Crippen molar-refractivity contribution in [2.45, 2.75) is 4.90 Å². The third-order valence-electron chi connectivity index (χ3n) is 4.38. The van der Waals surface area contributed by atoms with Crippen LogP contribution in [-0.4, -0.2) is 20.6 Å². The molecule has 4 aromatic rings. The summed E-state index contributed by atoms with van der Waals surface area (Å²) in [5, 5.41) is 3.76. The number of fused-ring (bicyclic) bond motifs is 1. The molecule has 0 spiro atoms. The molecular weight excluding hydrogens is 374 g/mol. The van der Waals surface area contributed by atoms with Crippen LogP contribution in [0.3, 0.4) is 0 Å². The van der Waals surface area contributed by atoms with E-state index in [-0.39, 0.29) is 10.5 Å². The van der Waals surface area contributed by atoms with Crippen LogP contribution < -0.4 is 5.32 Å². The zero-order chi connectivity index (χ0) is 19.7. The van der Waals surface area contributed by atoms with Crippen LogP contribution in [0.15, 0.2) is 88.2 Å². The highest BCUT2D eigenvalue weighted by atomic mass is 32.2. The summed E-state index contributed by atoms with van der Waals surface area (Å²) in [5.41, 5.74) is 2.37. The molecule has 4 rings (SSSR count). The Labute approximate surface area is 162 Å². The van der Waals surface area contributed by atoms with Gasteiger partial charge in [0.15, 0.2) is 9.84 Å². The summed E-state index contributed by atoms with van der Waals surface area (Å²) in [4.78, 5) is 12.6. The molecule has 0 atom stereocenters. The lowest BCUT2D eigenvalue weighted by Gasteiger charge is -2.09. The summed E-state index contributed by atoms with van der Waals surface area (Å²) < 4.78 is 29.6. The first-order valence-corrected chi connectivity index (χ1v) is 10.5. The van der Waals surface area contributed by atoms with E-state index >= 15 is 0 Å². The number of para-hydroxylation sites is 1. The Balaban J connectivity index is 1.58. The van der Waals surface area contributed by atoms with E-state index in [0.29, 0.717) is 5.69 Å².